The Morgan fingerprint density at radius 1 is 1.41 bits per heavy atom. The topological polar surface area (TPSA) is 72.7 Å². The van der Waals surface area contributed by atoms with Crippen LogP contribution in [0.5, 0.6) is 0 Å². The van der Waals surface area contributed by atoms with Crippen LogP contribution in [0.4, 0.5) is 5.82 Å². The quantitative estimate of drug-likeness (QED) is 0.796. The summed E-state index contributed by atoms with van der Waals surface area (Å²) in [6.45, 7) is 2.35. The molecule has 1 amide bonds. The summed E-state index contributed by atoms with van der Waals surface area (Å²) in [6, 6.07) is 7.54. The highest BCUT2D eigenvalue weighted by Gasteiger charge is 2.15. The number of amides is 1. The summed E-state index contributed by atoms with van der Waals surface area (Å²) >= 11 is 7.31. The molecule has 0 atom stereocenters. The molecule has 0 saturated heterocycles. The minimum atomic E-state index is -0.308. The van der Waals surface area contributed by atoms with Crippen molar-refractivity contribution < 1.29 is 4.79 Å². The summed E-state index contributed by atoms with van der Waals surface area (Å²) in [4.78, 5) is 12.1. The van der Waals surface area contributed by atoms with E-state index in [1.165, 1.54) is 0 Å². The Labute approximate surface area is 135 Å². The number of nitrogens with one attached hydrogen (secondary N) is 1. The molecule has 1 N–H and O–H groups in total. The summed E-state index contributed by atoms with van der Waals surface area (Å²) in [7, 11) is 0. The number of rotatable bonds is 4. The van der Waals surface area contributed by atoms with Crippen molar-refractivity contribution in [1.29, 1.82) is 0 Å². The van der Waals surface area contributed by atoms with Gasteiger partial charge in [0.15, 0.2) is 5.69 Å². The maximum absolute atomic E-state index is 12.1. The van der Waals surface area contributed by atoms with E-state index < -0.39 is 0 Å². The number of nitrogens with zero attached hydrogens (tertiary/aromatic N) is 4. The second-order valence-electron chi connectivity index (χ2n) is 4.67. The number of aromatic nitrogens is 4. The van der Waals surface area contributed by atoms with Crippen LogP contribution in [0.25, 0.3) is 0 Å². The van der Waals surface area contributed by atoms with Crippen LogP contribution >= 0.6 is 23.1 Å². The fraction of sp³-hybridized carbons (Fsp3) is 0.143. The minimum Gasteiger partial charge on any atom is -0.305 e. The first-order chi connectivity index (χ1) is 10.6. The van der Waals surface area contributed by atoms with Gasteiger partial charge < -0.3 is 5.32 Å². The Bertz CT molecular complexity index is 799. The van der Waals surface area contributed by atoms with E-state index in [0.717, 1.165) is 22.7 Å². The molecule has 0 aliphatic heterocycles. The van der Waals surface area contributed by atoms with Gasteiger partial charge in [-0.3, -0.25) is 4.79 Å². The van der Waals surface area contributed by atoms with Gasteiger partial charge in [-0.25, -0.2) is 4.68 Å². The van der Waals surface area contributed by atoms with Crippen molar-refractivity contribution in [3.05, 3.63) is 57.7 Å². The van der Waals surface area contributed by atoms with E-state index in [9.17, 15) is 4.79 Å². The number of hydrogen-bond donors (Lipinski definition) is 1. The third-order valence-electron chi connectivity index (χ3n) is 3.12. The van der Waals surface area contributed by atoms with Crippen LogP contribution in [0.15, 0.2) is 35.8 Å². The number of halogens is 1. The number of benzene rings is 1. The molecule has 8 heteroatoms. The number of hydrogen-bond acceptors (Lipinski definition) is 5. The molecule has 0 aliphatic carbocycles. The Kier molecular flexibility index (Phi) is 4.17. The zero-order valence-electron chi connectivity index (χ0n) is 11.7. The normalized spacial score (nSPS) is 10.6. The average molecular weight is 334 g/mol. The molecular formula is C14H12ClN5OS. The van der Waals surface area contributed by atoms with Crippen LogP contribution in [0.1, 0.15) is 21.6 Å². The lowest BCUT2D eigenvalue weighted by Crippen LogP contribution is -2.17. The molecule has 3 rings (SSSR count). The predicted octanol–water partition coefficient (Wildman–Crippen LogP) is 3.00. The third kappa shape index (κ3) is 3.00. The molecule has 0 radical (unpaired) electrons. The zero-order valence-corrected chi connectivity index (χ0v) is 13.2. The Hall–Kier alpha value is -2.25. The van der Waals surface area contributed by atoms with Gasteiger partial charge in [-0.05, 0) is 30.1 Å². The van der Waals surface area contributed by atoms with Gasteiger partial charge in [-0.2, -0.15) is 5.10 Å². The van der Waals surface area contributed by atoms with E-state index in [4.69, 9.17) is 11.6 Å². The van der Waals surface area contributed by atoms with Crippen molar-refractivity contribution in [1.82, 2.24) is 19.4 Å². The van der Waals surface area contributed by atoms with Gasteiger partial charge in [-0.1, -0.05) is 34.3 Å². The largest absolute Gasteiger partial charge is 0.305 e. The van der Waals surface area contributed by atoms with Crippen LogP contribution in [-0.2, 0) is 6.54 Å². The van der Waals surface area contributed by atoms with Gasteiger partial charge in [0.25, 0.3) is 5.91 Å². The average Bonchev–Trinajstić information content (AvgIpc) is 3.14. The summed E-state index contributed by atoms with van der Waals surface area (Å²) in [5, 5.41) is 13.1. The molecule has 0 aliphatic rings. The van der Waals surface area contributed by atoms with Gasteiger partial charge in [0, 0.05) is 16.0 Å². The zero-order chi connectivity index (χ0) is 15.5. The van der Waals surface area contributed by atoms with E-state index in [2.05, 4.69) is 20.0 Å². The minimum absolute atomic E-state index is 0.287. The summed E-state index contributed by atoms with van der Waals surface area (Å²) in [5.74, 6) is 0.315. The van der Waals surface area contributed by atoms with Crippen molar-refractivity contribution in [2.45, 2.75) is 13.5 Å². The molecule has 2 aromatic heterocycles. The summed E-state index contributed by atoms with van der Waals surface area (Å²) < 4.78 is 5.39. The van der Waals surface area contributed by atoms with Crippen molar-refractivity contribution in [3.63, 3.8) is 0 Å². The highest BCUT2D eigenvalue weighted by molar-refractivity contribution is 7.03. The van der Waals surface area contributed by atoms with Gasteiger partial charge in [-0.15, -0.1) is 5.10 Å². The van der Waals surface area contributed by atoms with Crippen LogP contribution in [0, 0.1) is 6.92 Å². The van der Waals surface area contributed by atoms with E-state index in [-0.39, 0.29) is 11.6 Å². The first kappa shape index (κ1) is 14.7. The maximum Gasteiger partial charge on any atom is 0.278 e. The summed E-state index contributed by atoms with van der Waals surface area (Å²) in [6.07, 6.45) is 1.70. The standard InChI is InChI=1S/C14H12ClN5OS/c1-9-6-16-20(7-10-4-2-3-5-11(10)15)13(9)17-14(21)12-8-22-19-18-12/h2-6,8H,7H2,1H3,(H,17,21). The molecule has 2 heterocycles. The van der Waals surface area contributed by atoms with E-state index >= 15 is 0 Å². The molecule has 0 fully saturated rings. The fourth-order valence-electron chi connectivity index (χ4n) is 1.98. The van der Waals surface area contributed by atoms with Crippen LogP contribution in [-0.4, -0.2) is 25.3 Å². The molecule has 112 valence electrons. The van der Waals surface area contributed by atoms with E-state index in [1.54, 1.807) is 16.3 Å². The number of carbonyl (C=O) groups excluding carboxylic acids is 1. The summed E-state index contributed by atoms with van der Waals surface area (Å²) in [5.41, 5.74) is 2.08. The van der Waals surface area contributed by atoms with Crippen molar-refractivity contribution in [2.24, 2.45) is 0 Å². The number of carbonyl (C=O) groups is 1. The van der Waals surface area contributed by atoms with Gasteiger partial charge in [0.1, 0.15) is 5.82 Å². The van der Waals surface area contributed by atoms with Gasteiger partial charge in [0.05, 0.1) is 12.7 Å². The van der Waals surface area contributed by atoms with Gasteiger partial charge >= 0.3 is 0 Å². The monoisotopic (exact) mass is 333 g/mol. The molecule has 22 heavy (non-hydrogen) atoms. The maximum atomic E-state index is 12.1. The highest BCUT2D eigenvalue weighted by atomic mass is 35.5. The smallest absolute Gasteiger partial charge is 0.278 e. The van der Waals surface area contributed by atoms with Crippen LogP contribution < -0.4 is 5.32 Å². The highest BCUT2D eigenvalue weighted by Crippen LogP contribution is 2.20. The molecular weight excluding hydrogens is 322 g/mol. The molecule has 3 aromatic rings. The fourth-order valence-corrected chi connectivity index (χ4v) is 2.62. The lowest BCUT2D eigenvalue weighted by atomic mass is 10.2. The van der Waals surface area contributed by atoms with Crippen molar-refractivity contribution >= 4 is 34.9 Å². The molecule has 6 nitrogen and oxygen atoms in total. The molecule has 0 unspecified atom stereocenters. The third-order valence-corrected chi connectivity index (χ3v) is 4.00. The molecule has 0 saturated carbocycles. The predicted molar refractivity (Wildman–Crippen MR) is 85.4 cm³/mol. The first-order valence-electron chi connectivity index (χ1n) is 6.49. The number of anilines is 1. The van der Waals surface area contributed by atoms with Crippen molar-refractivity contribution in [2.75, 3.05) is 5.32 Å². The van der Waals surface area contributed by atoms with E-state index in [1.807, 2.05) is 31.2 Å². The molecule has 0 spiro atoms. The lowest BCUT2D eigenvalue weighted by Gasteiger charge is -2.10. The molecule has 0 bridgehead atoms. The van der Waals surface area contributed by atoms with Crippen LogP contribution in [0.2, 0.25) is 5.02 Å². The Balaban J connectivity index is 1.85. The second kappa shape index (κ2) is 6.25. The van der Waals surface area contributed by atoms with E-state index in [0.29, 0.717) is 17.4 Å². The Morgan fingerprint density at radius 3 is 2.95 bits per heavy atom. The second-order valence-corrected chi connectivity index (χ2v) is 5.69. The Morgan fingerprint density at radius 2 is 2.23 bits per heavy atom. The van der Waals surface area contributed by atoms with Crippen molar-refractivity contribution in [3.8, 4) is 0 Å². The molecule has 1 aromatic carbocycles. The van der Waals surface area contributed by atoms with Gasteiger partial charge in [0.2, 0.25) is 0 Å². The first-order valence-corrected chi connectivity index (χ1v) is 7.71. The number of aryl methyl sites for hydroxylation is 1. The SMILES string of the molecule is Cc1cnn(Cc2ccccc2Cl)c1NC(=O)c1csnn1. The van der Waals surface area contributed by atoms with Crippen LogP contribution in [0.3, 0.4) is 0 Å². The lowest BCUT2D eigenvalue weighted by molar-refractivity contribution is 0.102.